The Bertz CT molecular complexity index is 1080. The van der Waals surface area contributed by atoms with Crippen LogP contribution in [-0.4, -0.2) is 13.9 Å². The van der Waals surface area contributed by atoms with Crippen LogP contribution in [0.5, 0.6) is 0 Å². The molecule has 0 radical (unpaired) electrons. The van der Waals surface area contributed by atoms with Crippen LogP contribution in [-0.2, 0) is 0 Å². The highest BCUT2D eigenvalue weighted by molar-refractivity contribution is 5.50. The van der Waals surface area contributed by atoms with Crippen LogP contribution >= 0.6 is 0 Å². The van der Waals surface area contributed by atoms with E-state index in [2.05, 4.69) is 12.2 Å². The third kappa shape index (κ3) is 0.783. The first-order valence-electron chi connectivity index (χ1n) is 9.42. The summed E-state index contributed by atoms with van der Waals surface area (Å²) in [5.41, 5.74) is 1.01. The van der Waals surface area contributed by atoms with Crippen molar-refractivity contribution in [2.45, 2.75) is 24.9 Å². The second kappa shape index (κ2) is 3.11. The molecule has 5 nitrogen and oxygen atoms in total. The van der Waals surface area contributed by atoms with Gasteiger partial charge in [0.2, 0.25) is 0 Å². The summed E-state index contributed by atoms with van der Waals surface area (Å²) >= 11 is 0. The predicted molar refractivity (Wildman–Crippen MR) is 89.6 cm³/mol. The number of allylic oxidation sites excluding steroid dienone is 2. The number of hydrogen-bond donors (Lipinski definition) is 0. The van der Waals surface area contributed by atoms with E-state index < -0.39 is 0 Å². The largest absolute Gasteiger partial charge is 0.352 e. The fourth-order valence-electron chi connectivity index (χ4n) is 8.86. The summed E-state index contributed by atoms with van der Waals surface area (Å²) in [4.78, 5) is 26.6. The molecule has 124 valence electrons. The molecule has 1 aromatic heterocycles. The Balaban J connectivity index is 1.47. The lowest BCUT2D eigenvalue weighted by atomic mass is 9.04. The van der Waals surface area contributed by atoms with Crippen molar-refractivity contribution in [2.24, 2.45) is 34.5 Å². The van der Waals surface area contributed by atoms with Crippen molar-refractivity contribution in [3.8, 4) is 5.69 Å². The Hall–Kier alpha value is -2.30. The van der Waals surface area contributed by atoms with Crippen molar-refractivity contribution in [3.63, 3.8) is 0 Å². The van der Waals surface area contributed by atoms with Gasteiger partial charge in [0.25, 0.3) is 0 Å². The van der Waals surface area contributed by atoms with Crippen LogP contribution < -0.4 is 11.4 Å². The molecule has 0 N–H and O–H groups in total. The van der Waals surface area contributed by atoms with Gasteiger partial charge in [0.05, 0.1) is 17.8 Å². The number of aromatic nitrogens is 3. The topological polar surface area (TPSA) is 48.9 Å². The summed E-state index contributed by atoms with van der Waals surface area (Å²) in [6, 6.07) is 9.91. The fourth-order valence-corrected chi connectivity index (χ4v) is 8.86. The van der Waals surface area contributed by atoms with E-state index in [1.54, 1.807) is 0 Å². The summed E-state index contributed by atoms with van der Waals surface area (Å²) in [6.07, 6.45) is 6.88. The first kappa shape index (κ1) is 12.1. The van der Waals surface area contributed by atoms with Gasteiger partial charge in [0.1, 0.15) is 0 Å². The molecule has 7 aliphatic rings. The van der Waals surface area contributed by atoms with Gasteiger partial charge in [0, 0.05) is 10.8 Å². The average molecular weight is 331 g/mol. The molecule has 2 spiro atoms. The van der Waals surface area contributed by atoms with Crippen LogP contribution in [0.25, 0.3) is 5.69 Å². The molecule has 25 heavy (non-hydrogen) atoms. The molecule has 9 rings (SSSR count). The zero-order chi connectivity index (χ0) is 16.3. The van der Waals surface area contributed by atoms with Crippen molar-refractivity contribution in [3.05, 3.63) is 63.5 Å². The molecule has 2 aliphatic heterocycles. The van der Waals surface area contributed by atoms with Crippen molar-refractivity contribution >= 4 is 0 Å². The Morgan fingerprint density at radius 3 is 1.84 bits per heavy atom. The van der Waals surface area contributed by atoms with Gasteiger partial charge in [-0.1, -0.05) is 30.4 Å². The van der Waals surface area contributed by atoms with E-state index in [9.17, 15) is 9.59 Å². The van der Waals surface area contributed by atoms with E-state index in [0.29, 0.717) is 17.5 Å². The molecule has 2 bridgehead atoms. The maximum absolute atomic E-state index is 13.3. The fraction of sp³-hybridized carbons (Fsp3) is 0.500. The maximum atomic E-state index is 13.3. The van der Waals surface area contributed by atoms with Gasteiger partial charge in [-0.3, -0.25) is 0 Å². The van der Waals surface area contributed by atoms with Crippen LogP contribution in [0, 0.1) is 34.5 Å². The summed E-state index contributed by atoms with van der Waals surface area (Å²) < 4.78 is 5.16. The van der Waals surface area contributed by atoms with Crippen LogP contribution in [0.15, 0.2) is 52.1 Å². The molecule has 1 aromatic carbocycles. The van der Waals surface area contributed by atoms with Crippen LogP contribution in [0.2, 0.25) is 0 Å². The summed E-state index contributed by atoms with van der Waals surface area (Å²) in [7, 11) is 0. The van der Waals surface area contributed by atoms with Gasteiger partial charge in [-0.15, -0.1) is 0 Å². The van der Waals surface area contributed by atoms with Crippen molar-refractivity contribution in [1.82, 2.24) is 13.9 Å². The molecule has 3 heterocycles. The van der Waals surface area contributed by atoms with Crippen molar-refractivity contribution in [1.29, 1.82) is 0 Å². The number of benzene rings is 1. The highest BCUT2D eigenvalue weighted by Crippen LogP contribution is 3.03. The SMILES string of the molecule is O=c1n(-c2ccccc2)c(=O)n2n1C1C3C4C5C3C13CC=CCC53C42. The highest BCUT2D eigenvalue weighted by Gasteiger charge is 3.02. The number of para-hydroxylation sites is 1. The first-order chi connectivity index (χ1) is 12.2. The maximum Gasteiger partial charge on any atom is 0.352 e. The lowest BCUT2D eigenvalue weighted by Gasteiger charge is -3.01. The minimum atomic E-state index is -0.129. The first-order valence-corrected chi connectivity index (χ1v) is 9.42. The summed E-state index contributed by atoms with van der Waals surface area (Å²) in [6.45, 7) is 0. The molecule has 8 unspecified atom stereocenters. The standard InChI is InChI=1S/C20H17N3O2/c24-17-21(10-6-2-1-3-7-10)18(25)23-16-12-11-13-14(12)20(16)9-5-4-8-19(13,20)15(11)22(17)23/h1-7,11-16H,8-9H2. The zero-order valence-corrected chi connectivity index (χ0v) is 13.6. The molecule has 0 saturated heterocycles. The molecule has 8 atom stereocenters. The molecular weight excluding hydrogens is 314 g/mol. The monoisotopic (exact) mass is 331 g/mol. The van der Waals surface area contributed by atoms with E-state index in [-0.39, 0.29) is 34.3 Å². The Labute approximate surface area is 143 Å². The average Bonchev–Trinajstić information content (AvgIpc) is 2.86. The molecular formula is C20H17N3O2. The molecule has 2 aromatic rings. The molecule has 0 amide bonds. The second-order valence-corrected chi connectivity index (χ2v) is 8.98. The Morgan fingerprint density at radius 1 is 0.800 bits per heavy atom. The molecule has 5 aliphatic carbocycles. The Kier molecular flexibility index (Phi) is 1.51. The lowest BCUT2D eigenvalue weighted by Crippen LogP contribution is -3.00. The lowest BCUT2D eigenvalue weighted by molar-refractivity contribution is -0.551. The quantitative estimate of drug-likeness (QED) is 0.748. The normalized spacial score (nSPS) is 50.6. The van der Waals surface area contributed by atoms with E-state index >= 15 is 0 Å². The Morgan fingerprint density at radius 2 is 1.32 bits per heavy atom. The van der Waals surface area contributed by atoms with Gasteiger partial charge < -0.3 is 0 Å². The van der Waals surface area contributed by atoms with Crippen LogP contribution in [0.1, 0.15) is 24.9 Å². The number of hydrogen-bond acceptors (Lipinski definition) is 2. The van der Waals surface area contributed by atoms with Gasteiger partial charge in [-0.05, 0) is 48.6 Å². The van der Waals surface area contributed by atoms with Crippen molar-refractivity contribution < 1.29 is 0 Å². The highest BCUT2D eigenvalue weighted by atomic mass is 16.2. The van der Waals surface area contributed by atoms with Gasteiger partial charge in [-0.2, -0.15) is 0 Å². The van der Waals surface area contributed by atoms with E-state index in [0.717, 1.165) is 24.7 Å². The number of nitrogens with zero attached hydrogens (tertiary/aromatic N) is 3. The third-order valence-corrected chi connectivity index (χ3v) is 9.13. The van der Waals surface area contributed by atoms with Crippen molar-refractivity contribution in [2.75, 3.05) is 0 Å². The van der Waals surface area contributed by atoms with Crippen LogP contribution in [0.4, 0.5) is 0 Å². The molecule has 5 heteroatoms. The van der Waals surface area contributed by atoms with Gasteiger partial charge in [-0.25, -0.2) is 23.5 Å². The van der Waals surface area contributed by atoms with Gasteiger partial charge >= 0.3 is 11.4 Å². The van der Waals surface area contributed by atoms with E-state index in [1.807, 2.05) is 39.7 Å². The smallest absolute Gasteiger partial charge is 0.245 e. The van der Waals surface area contributed by atoms with E-state index in [1.165, 1.54) is 4.57 Å². The number of rotatable bonds is 1. The summed E-state index contributed by atoms with van der Waals surface area (Å²) in [5.74, 6) is 2.98. The summed E-state index contributed by atoms with van der Waals surface area (Å²) in [5, 5.41) is 0. The minimum Gasteiger partial charge on any atom is -0.245 e. The van der Waals surface area contributed by atoms with Crippen LogP contribution in [0.3, 0.4) is 0 Å². The van der Waals surface area contributed by atoms with Gasteiger partial charge in [0.15, 0.2) is 0 Å². The van der Waals surface area contributed by atoms with E-state index in [4.69, 9.17) is 0 Å². The zero-order valence-electron chi connectivity index (χ0n) is 13.6. The molecule has 4 fully saturated rings. The molecule has 4 saturated carbocycles. The minimum absolute atomic E-state index is 0.129. The second-order valence-electron chi connectivity index (χ2n) is 8.98. The third-order valence-electron chi connectivity index (χ3n) is 9.13. The predicted octanol–water partition coefficient (Wildman–Crippen LogP) is 1.74.